The topological polar surface area (TPSA) is 70.8 Å². The van der Waals surface area contributed by atoms with Gasteiger partial charge in [0.15, 0.2) is 11.8 Å². The summed E-state index contributed by atoms with van der Waals surface area (Å²) in [4.78, 5) is 9.90. The summed E-state index contributed by atoms with van der Waals surface area (Å²) in [5.74, 6) is 3.73. The number of likely N-dealkylation sites (tertiary alicyclic amines) is 2. The van der Waals surface area contributed by atoms with E-state index >= 15 is 0 Å². The molecule has 0 saturated carbocycles. The molecule has 8 nitrogen and oxygen atoms in total. The first kappa shape index (κ1) is 25.7. The van der Waals surface area contributed by atoms with E-state index in [9.17, 15) is 0 Å². The van der Waals surface area contributed by atoms with E-state index in [0.29, 0.717) is 12.6 Å². The van der Waals surface area contributed by atoms with Crippen LogP contribution in [0.25, 0.3) is 0 Å². The van der Waals surface area contributed by atoms with E-state index in [0.717, 1.165) is 62.4 Å². The molecule has 1 aromatic carbocycles. The van der Waals surface area contributed by atoms with Crippen molar-refractivity contribution >= 4 is 29.9 Å². The Kier molecular flexibility index (Phi) is 9.78. The largest absolute Gasteiger partial charge is 0.490 e. The average Bonchev–Trinajstić information content (AvgIpc) is 3.41. The predicted octanol–water partition coefficient (Wildman–Crippen LogP) is 3.21. The molecule has 2 aliphatic rings. The molecule has 33 heavy (non-hydrogen) atoms. The van der Waals surface area contributed by atoms with Crippen LogP contribution in [0.3, 0.4) is 0 Å². The van der Waals surface area contributed by atoms with E-state index in [1.54, 1.807) is 0 Å². The quantitative estimate of drug-likeness (QED) is 0.315. The minimum atomic E-state index is 0. The van der Waals surface area contributed by atoms with Crippen LogP contribution in [0.15, 0.2) is 35.3 Å². The van der Waals surface area contributed by atoms with Crippen molar-refractivity contribution in [3.05, 3.63) is 42.0 Å². The third-order valence-electron chi connectivity index (χ3n) is 6.74. The fourth-order valence-corrected chi connectivity index (χ4v) is 4.63. The summed E-state index contributed by atoms with van der Waals surface area (Å²) in [6, 6.07) is 10.7. The van der Waals surface area contributed by atoms with Crippen LogP contribution in [0.1, 0.15) is 44.3 Å². The second kappa shape index (κ2) is 12.5. The number of para-hydroxylation sites is 1. The number of likely N-dealkylation sites (N-methyl/N-ethyl adjacent to an activating group) is 1. The van der Waals surface area contributed by atoms with Gasteiger partial charge in [-0.15, -0.1) is 34.2 Å². The second-order valence-corrected chi connectivity index (χ2v) is 8.79. The Hall–Kier alpha value is -1.88. The van der Waals surface area contributed by atoms with Crippen LogP contribution in [-0.2, 0) is 13.6 Å². The lowest BCUT2D eigenvalue weighted by Crippen LogP contribution is -2.50. The van der Waals surface area contributed by atoms with Crippen molar-refractivity contribution < 1.29 is 4.74 Å². The van der Waals surface area contributed by atoms with E-state index in [2.05, 4.69) is 32.2 Å². The molecule has 0 bridgehead atoms. The van der Waals surface area contributed by atoms with E-state index < -0.39 is 0 Å². The zero-order chi connectivity index (χ0) is 22.3. The van der Waals surface area contributed by atoms with Crippen LogP contribution in [0, 0.1) is 6.92 Å². The third-order valence-corrected chi connectivity index (χ3v) is 6.74. The second-order valence-electron chi connectivity index (χ2n) is 8.79. The van der Waals surface area contributed by atoms with Gasteiger partial charge < -0.3 is 19.5 Å². The fourth-order valence-electron chi connectivity index (χ4n) is 4.63. The average molecular weight is 568 g/mol. The Morgan fingerprint density at radius 3 is 2.55 bits per heavy atom. The molecule has 1 unspecified atom stereocenters. The Balaban J connectivity index is 0.00000306. The van der Waals surface area contributed by atoms with Crippen LogP contribution in [0.5, 0.6) is 5.75 Å². The number of piperidine rings is 1. The lowest BCUT2D eigenvalue weighted by molar-refractivity contribution is 0.129. The van der Waals surface area contributed by atoms with Crippen LogP contribution < -0.4 is 10.1 Å². The number of aryl methyl sites for hydroxylation is 1. The summed E-state index contributed by atoms with van der Waals surface area (Å²) in [5.41, 5.74) is 0. The van der Waals surface area contributed by atoms with Crippen molar-refractivity contribution in [2.45, 2.75) is 58.2 Å². The molecule has 1 atom stereocenters. The molecule has 2 saturated heterocycles. The normalized spacial score (nSPS) is 20.0. The molecule has 2 fully saturated rings. The lowest BCUT2D eigenvalue weighted by Gasteiger charge is -2.35. The fraction of sp³-hybridized carbons (Fsp3) is 0.625. The molecule has 2 aromatic rings. The van der Waals surface area contributed by atoms with E-state index in [1.807, 2.05) is 48.9 Å². The number of ether oxygens (including phenoxy) is 1. The summed E-state index contributed by atoms with van der Waals surface area (Å²) < 4.78 is 8.20. The van der Waals surface area contributed by atoms with Crippen LogP contribution in [-0.4, -0.2) is 75.4 Å². The summed E-state index contributed by atoms with van der Waals surface area (Å²) in [6.45, 7) is 9.87. The molecular weight excluding hydrogens is 529 g/mol. The molecule has 3 heterocycles. The van der Waals surface area contributed by atoms with E-state index in [1.165, 1.54) is 19.4 Å². The number of nitrogens with one attached hydrogen (secondary N) is 1. The molecule has 182 valence electrons. The SMILES string of the molecule is CCN1CCCC1CNC(=NCc1nnc(C)n1C)N1CCC(Oc2ccccc2)CC1.I. The zero-order valence-corrected chi connectivity index (χ0v) is 22.4. The number of hydrogen-bond acceptors (Lipinski definition) is 5. The first-order chi connectivity index (χ1) is 15.6. The van der Waals surface area contributed by atoms with Crippen molar-refractivity contribution in [2.24, 2.45) is 12.0 Å². The molecule has 1 aromatic heterocycles. The number of hydrogen-bond donors (Lipinski definition) is 1. The minimum Gasteiger partial charge on any atom is -0.490 e. The summed E-state index contributed by atoms with van der Waals surface area (Å²) in [5, 5.41) is 12.2. The number of benzene rings is 1. The highest BCUT2D eigenvalue weighted by molar-refractivity contribution is 14.0. The van der Waals surface area contributed by atoms with E-state index in [-0.39, 0.29) is 30.1 Å². The van der Waals surface area contributed by atoms with Gasteiger partial charge in [0.05, 0.1) is 0 Å². The molecule has 0 aliphatic carbocycles. The van der Waals surface area contributed by atoms with Gasteiger partial charge in [0.25, 0.3) is 0 Å². The molecule has 0 spiro atoms. The van der Waals surface area contributed by atoms with Crippen molar-refractivity contribution in [2.75, 3.05) is 32.7 Å². The van der Waals surface area contributed by atoms with Crippen LogP contribution in [0.2, 0.25) is 0 Å². The maximum atomic E-state index is 6.19. The first-order valence-corrected chi connectivity index (χ1v) is 12.0. The monoisotopic (exact) mass is 567 g/mol. The number of aromatic nitrogens is 3. The molecule has 2 aliphatic heterocycles. The van der Waals surface area contributed by atoms with Crippen molar-refractivity contribution in [1.29, 1.82) is 0 Å². The van der Waals surface area contributed by atoms with E-state index in [4.69, 9.17) is 9.73 Å². The highest BCUT2D eigenvalue weighted by atomic mass is 127. The third kappa shape index (κ3) is 6.81. The number of aliphatic imine (C=N–C) groups is 1. The highest BCUT2D eigenvalue weighted by Crippen LogP contribution is 2.20. The standard InChI is InChI=1S/C24H37N7O.HI/c1-4-30-14-8-9-20(30)17-25-24(26-18-23-28-27-19(2)29(23)3)31-15-12-22(13-16-31)32-21-10-6-5-7-11-21;/h5-7,10-11,20,22H,4,8-9,12-18H2,1-3H3,(H,25,26);1H. The summed E-state index contributed by atoms with van der Waals surface area (Å²) >= 11 is 0. The number of nitrogens with zero attached hydrogens (tertiary/aromatic N) is 6. The Morgan fingerprint density at radius 1 is 1.12 bits per heavy atom. The Labute approximate surface area is 214 Å². The number of halogens is 1. The van der Waals surface area contributed by atoms with Crippen LogP contribution >= 0.6 is 24.0 Å². The van der Waals surface area contributed by atoms with Gasteiger partial charge >= 0.3 is 0 Å². The molecular formula is C24H38IN7O. The maximum absolute atomic E-state index is 6.19. The van der Waals surface area contributed by atoms with Crippen LogP contribution in [0.4, 0.5) is 0 Å². The maximum Gasteiger partial charge on any atom is 0.194 e. The first-order valence-electron chi connectivity index (χ1n) is 12.0. The molecule has 0 amide bonds. The highest BCUT2D eigenvalue weighted by Gasteiger charge is 2.26. The Bertz CT molecular complexity index is 880. The van der Waals surface area contributed by atoms with Gasteiger partial charge in [-0.2, -0.15) is 0 Å². The molecule has 0 radical (unpaired) electrons. The number of guanidine groups is 1. The van der Waals surface area contributed by atoms with Gasteiger partial charge in [0.1, 0.15) is 24.2 Å². The van der Waals surface area contributed by atoms with Crippen molar-refractivity contribution in [3.8, 4) is 5.75 Å². The zero-order valence-electron chi connectivity index (χ0n) is 20.1. The minimum absolute atomic E-state index is 0. The summed E-state index contributed by atoms with van der Waals surface area (Å²) in [7, 11) is 2.00. The van der Waals surface area contributed by atoms with Gasteiger partial charge in [0.2, 0.25) is 0 Å². The van der Waals surface area contributed by atoms with Gasteiger partial charge in [0, 0.05) is 45.6 Å². The summed E-state index contributed by atoms with van der Waals surface area (Å²) in [6.07, 6.45) is 4.77. The van der Waals surface area contributed by atoms with Gasteiger partial charge in [-0.05, 0) is 45.0 Å². The number of rotatable bonds is 7. The van der Waals surface area contributed by atoms with Crippen molar-refractivity contribution in [1.82, 2.24) is 29.9 Å². The smallest absolute Gasteiger partial charge is 0.194 e. The van der Waals surface area contributed by atoms with Gasteiger partial charge in [-0.1, -0.05) is 25.1 Å². The Morgan fingerprint density at radius 2 is 1.88 bits per heavy atom. The van der Waals surface area contributed by atoms with Gasteiger partial charge in [-0.25, -0.2) is 4.99 Å². The predicted molar refractivity (Wildman–Crippen MR) is 142 cm³/mol. The molecule has 1 N–H and O–H groups in total. The molecule has 4 rings (SSSR count). The van der Waals surface area contributed by atoms with Crippen molar-refractivity contribution in [3.63, 3.8) is 0 Å². The molecule has 9 heteroatoms. The van der Waals surface area contributed by atoms with Gasteiger partial charge in [-0.3, -0.25) is 4.90 Å². The lowest BCUT2D eigenvalue weighted by atomic mass is 10.1.